The highest BCUT2D eigenvalue weighted by Crippen LogP contribution is 2.23. The standard InChI is InChI=1S/C16H21FN2O3S/c1-23(20,21)16-5-4-14(11-15(16)17)22-10-2-3-13-6-8-19(12-18)9-7-13/h4-5,11,13H,2-3,6-10H2,1H3. The van der Waals surface area contributed by atoms with Gasteiger partial charge in [-0.25, -0.2) is 12.8 Å². The molecule has 1 heterocycles. The van der Waals surface area contributed by atoms with Gasteiger partial charge in [0, 0.05) is 25.4 Å². The highest BCUT2D eigenvalue weighted by atomic mass is 32.2. The van der Waals surface area contributed by atoms with Crippen molar-refractivity contribution in [2.45, 2.75) is 30.6 Å². The summed E-state index contributed by atoms with van der Waals surface area (Å²) in [7, 11) is -3.55. The summed E-state index contributed by atoms with van der Waals surface area (Å²) >= 11 is 0. The van der Waals surface area contributed by atoms with E-state index >= 15 is 0 Å². The summed E-state index contributed by atoms with van der Waals surface area (Å²) in [6, 6.07) is 3.82. The highest BCUT2D eigenvalue weighted by molar-refractivity contribution is 7.90. The summed E-state index contributed by atoms with van der Waals surface area (Å²) in [4.78, 5) is 1.47. The van der Waals surface area contributed by atoms with Crippen LogP contribution in [0, 0.1) is 23.2 Å². The predicted octanol–water partition coefficient (Wildman–Crippen LogP) is 2.58. The van der Waals surface area contributed by atoms with Crippen LogP contribution < -0.4 is 4.74 Å². The second-order valence-electron chi connectivity index (χ2n) is 5.89. The Morgan fingerprint density at radius 2 is 2.09 bits per heavy atom. The van der Waals surface area contributed by atoms with Crippen LogP contribution in [-0.2, 0) is 9.84 Å². The largest absolute Gasteiger partial charge is 0.493 e. The maximum Gasteiger partial charge on any atom is 0.179 e. The molecule has 1 aromatic rings. The summed E-state index contributed by atoms with van der Waals surface area (Å²) in [5.74, 6) is 0.163. The molecule has 126 valence electrons. The third-order valence-electron chi connectivity index (χ3n) is 4.08. The molecule has 0 spiro atoms. The minimum absolute atomic E-state index is 0.311. The van der Waals surface area contributed by atoms with Crippen molar-refractivity contribution in [3.05, 3.63) is 24.0 Å². The Morgan fingerprint density at radius 1 is 1.39 bits per heavy atom. The number of nitriles is 1. The molecule has 2 rings (SSSR count). The second-order valence-corrected chi connectivity index (χ2v) is 7.87. The van der Waals surface area contributed by atoms with E-state index in [4.69, 9.17) is 10.00 Å². The van der Waals surface area contributed by atoms with Crippen LogP contribution in [0.2, 0.25) is 0 Å². The van der Waals surface area contributed by atoms with Crippen molar-refractivity contribution >= 4 is 9.84 Å². The number of rotatable bonds is 6. The predicted molar refractivity (Wildman–Crippen MR) is 84.1 cm³/mol. The monoisotopic (exact) mass is 340 g/mol. The Balaban J connectivity index is 1.75. The molecule has 0 aliphatic carbocycles. The highest BCUT2D eigenvalue weighted by Gasteiger charge is 2.18. The Labute approximate surface area is 136 Å². The number of piperidine rings is 1. The number of hydrogen-bond acceptors (Lipinski definition) is 5. The summed E-state index contributed by atoms with van der Waals surface area (Å²) < 4.78 is 41.9. The van der Waals surface area contributed by atoms with Gasteiger partial charge in [0.2, 0.25) is 0 Å². The third kappa shape index (κ3) is 5.10. The number of sulfone groups is 1. The first kappa shape index (κ1) is 17.5. The number of ether oxygens (including phenoxy) is 1. The molecule has 0 aromatic heterocycles. The third-order valence-corrected chi connectivity index (χ3v) is 5.21. The molecule has 7 heteroatoms. The van der Waals surface area contributed by atoms with E-state index in [0.29, 0.717) is 18.3 Å². The molecular weight excluding hydrogens is 319 g/mol. The molecule has 5 nitrogen and oxygen atoms in total. The van der Waals surface area contributed by atoms with E-state index < -0.39 is 15.7 Å². The number of nitrogens with zero attached hydrogens (tertiary/aromatic N) is 2. The average Bonchev–Trinajstić information content (AvgIpc) is 2.51. The van der Waals surface area contributed by atoms with E-state index in [1.165, 1.54) is 12.1 Å². The number of benzene rings is 1. The quantitative estimate of drug-likeness (QED) is 0.588. The van der Waals surface area contributed by atoms with Crippen molar-refractivity contribution in [2.24, 2.45) is 5.92 Å². The van der Waals surface area contributed by atoms with E-state index in [1.807, 2.05) is 0 Å². The first-order valence-corrected chi connectivity index (χ1v) is 9.56. The summed E-state index contributed by atoms with van der Waals surface area (Å²) in [5, 5.41) is 8.80. The molecule has 1 aliphatic heterocycles. The lowest BCUT2D eigenvalue weighted by Crippen LogP contribution is -2.29. The lowest BCUT2D eigenvalue weighted by atomic mass is 9.93. The maximum absolute atomic E-state index is 13.7. The van der Waals surface area contributed by atoms with Gasteiger partial charge in [-0.3, -0.25) is 0 Å². The van der Waals surface area contributed by atoms with Gasteiger partial charge >= 0.3 is 0 Å². The Morgan fingerprint density at radius 3 is 2.65 bits per heavy atom. The molecule has 0 unspecified atom stereocenters. The number of halogens is 1. The van der Waals surface area contributed by atoms with Crippen LogP contribution >= 0.6 is 0 Å². The zero-order valence-corrected chi connectivity index (χ0v) is 14.0. The van der Waals surface area contributed by atoms with E-state index in [-0.39, 0.29) is 4.90 Å². The van der Waals surface area contributed by atoms with Gasteiger partial charge in [-0.05, 0) is 43.7 Å². The zero-order valence-electron chi connectivity index (χ0n) is 13.2. The van der Waals surface area contributed by atoms with Crippen molar-refractivity contribution in [1.82, 2.24) is 4.90 Å². The van der Waals surface area contributed by atoms with Gasteiger partial charge < -0.3 is 9.64 Å². The minimum Gasteiger partial charge on any atom is -0.493 e. The normalized spacial score (nSPS) is 16.1. The molecular formula is C16H21FN2O3S. The summed E-state index contributed by atoms with van der Waals surface area (Å²) in [5.41, 5.74) is 0. The Bertz CT molecular complexity index is 677. The van der Waals surface area contributed by atoms with E-state index in [9.17, 15) is 12.8 Å². The van der Waals surface area contributed by atoms with Gasteiger partial charge in [0.15, 0.2) is 16.0 Å². The SMILES string of the molecule is CS(=O)(=O)c1ccc(OCCCC2CCN(C#N)CC2)cc1F. The molecule has 23 heavy (non-hydrogen) atoms. The lowest BCUT2D eigenvalue weighted by molar-refractivity contribution is 0.224. The molecule has 1 saturated heterocycles. The van der Waals surface area contributed by atoms with Crippen LogP contribution in [0.5, 0.6) is 5.75 Å². The summed E-state index contributed by atoms with van der Waals surface area (Å²) in [6.45, 7) is 2.11. The van der Waals surface area contributed by atoms with Crippen molar-refractivity contribution < 1.29 is 17.5 Å². The smallest absolute Gasteiger partial charge is 0.179 e. The lowest BCUT2D eigenvalue weighted by Gasteiger charge is -2.27. The van der Waals surface area contributed by atoms with Gasteiger partial charge in [-0.15, -0.1) is 0 Å². The first-order chi connectivity index (χ1) is 10.9. The average molecular weight is 340 g/mol. The minimum atomic E-state index is -3.55. The van der Waals surface area contributed by atoms with Crippen molar-refractivity contribution in [3.8, 4) is 11.9 Å². The number of hydrogen-bond donors (Lipinski definition) is 0. The molecule has 1 aliphatic rings. The Kier molecular flexibility index (Phi) is 5.83. The molecule has 0 radical (unpaired) electrons. The van der Waals surface area contributed by atoms with Crippen molar-refractivity contribution in [3.63, 3.8) is 0 Å². The van der Waals surface area contributed by atoms with Crippen LogP contribution in [0.25, 0.3) is 0 Å². The first-order valence-electron chi connectivity index (χ1n) is 7.67. The Hall–Kier alpha value is -1.81. The fraction of sp³-hybridized carbons (Fsp3) is 0.562. The fourth-order valence-electron chi connectivity index (χ4n) is 2.76. The van der Waals surface area contributed by atoms with Crippen LogP contribution in [0.4, 0.5) is 4.39 Å². The molecule has 0 N–H and O–H groups in total. The van der Waals surface area contributed by atoms with Gasteiger partial charge in [0.05, 0.1) is 6.61 Å². The summed E-state index contributed by atoms with van der Waals surface area (Å²) in [6.07, 6.45) is 7.05. The topological polar surface area (TPSA) is 70.4 Å². The van der Waals surface area contributed by atoms with E-state index in [1.54, 1.807) is 4.90 Å². The van der Waals surface area contributed by atoms with Crippen LogP contribution in [0.1, 0.15) is 25.7 Å². The molecule has 0 atom stereocenters. The van der Waals surface area contributed by atoms with Crippen molar-refractivity contribution in [2.75, 3.05) is 26.0 Å². The van der Waals surface area contributed by atoms with Gasteiger partial charge in [0.1, 0.15) is 16.5 Å². The van der Waals surface area contributed by atoms with E-state index in [0.717, 1.165) is 51.1 Å². The molecule has 1 aromatic carbocycles. The van der Waals surface area contributed by atoms with Crippen molar-refractivity contribution in [1.29, 1.82) is 5.26 Å². The van der Waals surface area contributed by atoms with Crippen LogP contribution in [0.3, 0.4) is 0 Å². The molecule has 0 amide bonds. The maximum atomic E-state index is 13.7. The molecule has 0 bridgehead atoms. The second kappa shape index (κ2) is 7.64. The fourth-order valence-corrected chi connectivity index (χ4v) is 3.48. The van der Waals surface area contributed by atoms with Crippen LogP contribution in [0.15, 0.2) is 23.1 Å². The number of likely N-dealkylation sites (tertiary alicyclic amines) is 1. The van der Waals surface area contributed by atoms with Gasteiger partial charge in [-0.1, -0.05) is 0 Å². The van der Waals surface area contributed by atoms with Crippen LogP contribution in [-0.4, -0.2) is 39.3 Å². The van der Waals surface area contributed by atoms with Gasteiger partial charge in [0.25, 0.3) is 0 Å². The van der Waals surface area contributed by atoms with E-state index in [2.05, 4.69) is 6.19 Å². The molecule has 1 fully saturated rings. The zero-order chi connectivity index (χ0) is 16.9. The van der Waals surface area contributed by atoms with Gasteiger partial charge in [-0.2, -0.15) is 5.26 Å². The molecule has 0 saturated carbocycles.